The number of carboxylic acid groups (broad SMARTS) is 1. The molecule has 1 aromatic heterocycles. The lowest BCUT2D eigenvalue weighted by atomic mass is 10.2. The van der Waals surface area contributed by atoms with Gasteiger partial charge in [0.05, 0.1) is 0 Å². The molecule has 0 spiro atoms. The standard InChI is InChI=1S/C8H4F3N3O3/c9-8(10,11)17-6-3(2-12)1-4(13)14-5(6)7(15)16/h1H,(H2,13,14)(H,15,16). The number of alkyl halides is 3. The Morgan fingerprint density at radius 3 is 2.59 bits per heavy atom. The minimum Gasteiger partial charge on any atom is -0.476 e. The number of hydrogen-bond acceptors (Lipinski definition) is 5. The molecule has 1 rings (SSSR count). The van der Waals surface area contributed by atoms with Crippen molar-refractivity contribution in [2.75, 3.05) is 5.73 Å². The first-order chi connectivity index (χ1) is 7.74. The molecular formula is C8H4F3N3O3. The van der Waals surface area contributed by atoms with Crippen LogP contribution in [-0.4, -0.2) is 22.4 Å². The number of nitriles is 1. The molecule has 6 nitrogen and oxygen atoms in total. The fourth-order valence-electron chi connectivity index (χ4n) is 1.00. The minimum absolute atomic E-state index is 0.395. The summed E-state index contributed by atoms with van der Waals surface area (Å²) in [5.41, 5.74) is 3.41. The summed E-state index contributed by atoms with van der Waals surface area (Å²) in [7, 11) is 0. The lowest BCUT2D eigenvalue weighted by Gasteiger charge is -2.12. The van der Waals surface area contributed by atoms with Crippen LogP contribution in [0, 0.1) is 11.3 Å². The molecule has 1 aromatic rings. The van der Waals surface area contributed by atoms with E-state index >= 15 is 0 Å². The molecule has 0 aliphatic carbocycles. The first kappa shape index (κ1) is 12.6. The summed E-state index contributed by atoms with van der Waals surface area (Å²) in [6.07, 6.45) is -5.13. The molecule has 0 amide bonds. The van der Waals surface area contributed by atoms with Crippen molar-refractivity contribution in [1.82, 2.24) is 4.98 Å². The van der Waals surface area contributed by atoms with Crippen LogP contribution >= 0.6 is 0 Å². The van der Waals surface area contributed by atoms with Crippen molar-refractivity contribution in [2.45, 2.75) is 6.36 Å². The number of halogens is 3. The third-order valence-corrected chi connectivity index (χ3v) is 1.53. The zero-order chi connectivity index (χ0) is 13.2. The van der Waals surface area contributed by atoms with Crippen LogP contribution in [0.2, 0.25) is 0 Å². The second-order valence-electron chi connectivity index (χ2n) is 2.74. The van der Waals surface area contributed by atoms with E-state index < -0.39 is 35.2 Å². The van der Waals surface area contributed by atoms with E-state index in [1.54, 1.807) is 0 Å². The molecule has 17 heavy (non-hydrogen) atoms. The molecule has 0 aliphatic heterocycles. The van der Waals surface area contributed by atoms with E-state index in [9.17, 15) is 18.0 Å². The number of nitrogens with zero attached hydrogens (tertiary/aromatic N) is 2. The van der Waals surface area contributed by atoms with Gasteiger partial charge in [0.2, 0.25) is 0 Å². The first-order valence-electron chi connectivity index (χ1n) is 3.94. The zero-order valence-electron chi connectivity index (χ0n) is 7.95. The Bertz CT molecular complexity index is 507. The number of pyridine rings is 1. The van der Waals surface area contributed by atoms with Gasteiger partial charge in [-0.05, 0) is 0 Å². The monoisotopic (exact) mass is 247 g/mol. The number of nitrogen functional groups attached to an aromatic ring is 1. The number of nitrogens with two attached hydrogens (primary N) is 1. The van der Waals surface area contributed by atoms with Crippen LogP contribution in [0.5, 0.6) is 5.75 Å². The van der Waals surface area contributed by atoms with Crippen molar-refractivity contribution in [3.05, 3.63) is 17.3 Å². The van der Waals surface area contributed by atoms with Gasteiger partial charge in [0.1, 0.15) is 17.5 Å². The van der Waals surface area contributed by atoms with Gasteiger partial charge in [0, 0.05) is 6.07 Å². The van der Waals surface area contributed by atoms with Crippen LogP contribution in [0.15, 0.2) is 6.07 Å². The number of carboxylic acids is 1. The largest absolute Gasteiger partial charge is 0.573 e. The summed E-state index contributed by atoms with van der Waals surface area (Å²) in [4.78, 5) is 13.8. The van der Waals surface area contributed by atoms with E-state index in [1.165, 1.54) is 6.07 Å². The van der Waals surface area contributed by atoms with Crippen molar-refractivity contribution >= 4 is 11.8 Å². The van der Waals surface area contributed by atoms with Crippen molar-refractivity contribution in [2.24, 2.45) is 0 Å². The van der Waals surface area contributed by atoms with Gasteiger partial charge < -0.3 is 15.6 Å². The first-order valence-corrected chi connectivity index (χ1v) is 3.94. The van der Waals surface area contributed by atoms with Crippen LogP contribution < -0.4 is 10.5 Å². The molecular weight excluding hydrogens is 243 g/mol. The van der Waals surface area contributed by atoms with Gasteiger partial charge in [-0.3, -0.25) is 0 Å². The summed E-state index contributed by atoms with van der Waals surface area (Å²) in [6, 6.07) is 2.13. The lowest BCUT2D eigenvalue weighted by molar-refractivity contribution is -0.274. The van der Waals surface area contributed by atoms with Gasteiger partial charge in [-0.25, -0.2) is 9.78 Å². The molecule has 0 unspecified atom stereocenters. The quantitative estimate of drug-likeness (QED) is 0.810. The van der Waals surface area contributed by atoms with E-state index in [0.717, 1.165) is 6.07 Å². The maximum atomic E-state index is 12.0. The third kappa shape index (κ3) is 2.97. The highest BCUT2D eigenvalue weighted by atomic mass is 19.4. The summed E-state index contributed by atoms with van der Waals surface area (Å²) in [5, 5.41) is 17.2. The van der Waals surface area contributed by atoms with Crippen LogP contribution in [0.1, 0.15) is 16.1 Å². The predicted molar refractivity (Wildman–Crippen MR) is 47.0 cm³/mol. The Kier molecular flexibility index (Phi) is 3.08. The predicted octanol–water partition coefficient (Wildman–Crippen LogP) is 1.13. The molecule has 0 fully saturated rings. The average molecular weight is 247 g/mol. The fourth-order valence-corrected chi connectivity index (χ4v) is 1.00. The van der Waals surface area contributed by atoms with Gasteiger partial charge in [-0.15, -0.1) is 13.2 Å². The van der Waals surface area contributed by atoms with E-state index in [0.29, 0.717) is 0 Å². The number of anilines is 1. The molecule has 0 aliphatic rings. The van der Waals surface area contributed by atoms with E-state index in [4.69, 9.17) is 16.1 Å². The van der Waals surface area contributed by atoms with Crippen LogP contribution in [0.4, 0.5) is 19.0 Å². The second kappa shape index (κ2) is 4.17. The van der Waals surface area contributed by atoms with Gasteiger partial charge in [-0.1, -0.05) is 0 Å². The fraction of sp³-hybridized carbons (Fsp3) is 0.125. The van der Waals surface area contributed by atoms with Crippen molar-refractivity contribution in [3.8, 4) is 11.8 Å². The minimum atomic E-state index is -5.13. The summed E-state index contributed by atoms with van der Waals surface area (Å²) in [6.45, 7) is 0. The van der Waals surface area contributed by atoms with E-state index in [1.807, 2.05) is 0 Å². The highest BCUT2D eigenvalue weighted by Crippen LogP contribution is 2.30. The Balaban J connectivity index is 3.44. The van der Waals surface area contributed by atoms with Gasteiger partial charge in [0.25, 0.3) is 0 Å². The molecule has 0 radical (unpaired) electrons. The topological polar surface area (TPSA) is 109 Å². The van der Waals surface area contributed by atoms with Crippen molar-refractivity contribution in [3.63, 3.8) is 0 Å². The van der Waals surface area contributed by atoms with E-state index in [-0.39, 0.29) is 0 Å². The van der Waals surface area contributed by atoms with Crippen molar-refractivity contribution in [1.29, 1.82) is 5.26 Å². The molecule has 3 N–H and O–H groups in total. The molecule has 0 bridgehead atoms. The number of ether oxygens (including phenoxy) is 1. The molecule has 0 atom stereocenters. The maximum absolute atomic E-state index is 12.0. The van der Waals surface area contributed by atoms with Gasteiger partial charge in [0.15, 0.2) is 11.4 Å². The van der Waals surface area contributed by atoms with Gasteiger partial charge >= 0.3 is 12.3 Å². The average Bonchev–Trinajstić information content (AvgIpc) is 2.17. The molecule has 90 valence electrons. The Morgan fingerprint density at radius 2 is 2.18 bits per heavy atom. The molecule has 0 aromatic carbocycles. The molecule has 0 saturated carbocycles. The zero-order valence-corrected chi connectivity index (χ0v) is 7.95. The smallest absolute Gasteiger partial charge is 0.476 e. The highest BCUT2D eigenvalue weighted by Gasteiger charge is 2.35. The number of aromatic nitrogens is 1. The summed E-state index contributed by atoms with van der Waals surface area (Å²) in [5.74, 6) is -3.36. The summed E-state index contributed by atoms with van der Waals surface area (Å²) >= 11 is 0. The van der Waals surface area contributed by atoms with Crippen LogP contribution in [0.25, 0.3) is 0 Å². The lowest BCUT2D eigenvalue weighted by Crippen LogP contribution is -2.21. The SMILES string of the molecule is N#Cc1cc(N)nc(C(=O)O)c1OC(F)(F)F. The molecule has 9 heteroatoms. The second-order valence-corrected chi connectivity index (χ2v) is 2.74. The number of carbonyl (C=O) groups is 1. The van der Waals surface area contributed by atoms with E-state index in [2.05, 4.69) is 9.72 Å². The van der Waals surface area contributed by atoms with Gasteiger partial charge in [-0.2, -0.15) is 5.26 Å². The van der Waals surface area contributed by atoms with Crippen LogP contribution in [-0.2, 0) is 0 Å². The maximum Gasteiger partial charge on any atom is 0.573 e. The molecule has 1 heterocycles. The van der Waals surface area contributed by atoms with Crippen molar-refractivity contribution < 1.29 is 27.8 Å². The Morgan fingerprint density at radius 1 is 1.59 bits per heavy atom. The number of rotatable bonds is 2. The Hall–Kier alpha value is -2.50. The normalized spacial score (nSPS) is 10.7. The number of hydrogen-bond donors (Lipinski definition) is 2. The molecule has 0 saturated heterocycles. The summed E-state index contributed by atoms with van der Waals surface area (Å²) < 4.78 is 39.5. The number of aromatic carboxylic acids is 1. The van der Waals surface area contributed by atoms with Crippen LogP contribution in [0.3, 0.4) is 0 Å². The Labute approximate surface area is 92.0 Å². The highest BCUT2D eigenvalue weighted by molar-refractivity contribution is 5.90. The third-order valence-electron chi connectivity index (χ3n) is 1.53.